The molecule has 2 saturated carbocycles. The number of H-pyrrole nitrogens is 1. The normalized spacial score (nSPS) is 20.2. The van der Waals surface area contributed by atoms with Crippen molar-refractivity contribution in [2.75, 3.05) is 57.2 Å². The Labute approximate surface area is 330 Å². The second-order valence-electron chi connectivity index (χ2n) is 15.7. The molecule has 9 rings (SSSR count). The van der Waals surface area contributed by atoms with Crippen molar-refractivity contribution >= 4 is 45.9 Å². The molecule has 0 spiro atoms. The molecule has 3 aliphatic heterocycles. The van der Waals surface area contributed by atoms with Crippen LogP contribution in [-0.4, -0.2) is 101 Å². The van der Waals surface area contributed by atoms with Crippen LogP contribution in [0.4, 0.5) is 11.4 Å². The van der Waals surface area contributed by atoms with E-state index in [0.29, 0.717) is 35.6 Å². The van der Waals surface area contributed by atoms with Gasteiger partial charge in [-0.3, -0.25) is 39.3 Å². The molecular formula is C42H50N8O7. The first-order valence-corrected chi connectivity index (χ1v) is 20.1. The minimum absolute atomic E-state index is 0.184. The van der Waals surface area contributed by atoms with Crippen molar-refractivity contribution in [1.82, 2.24) is 29.9 Å². The number of carbonyl (C=O) groups excluding carboxylic acids is 4. The number of carbonyl (C=O) groups is 4. The number of nitrogens with zero attached hydrogens (tertiary/aromatic N) is 5. The Morgan fingerprint density at radius 1 is 0.912 bits per heavy atom. The van der Waals surface area contributed by atoms with E-state index in [2.05, 4.69) is 36.7 Å². The molecule has 4 fully saturated rings. The Bertz CT molecular complexity index is 2230. The zero-order valence-electron chi connectivity index (χ0n) is 32.6. The third kappa shape index (κ3) is 8.11. The van der Waals surface area contributed by atoms with Crippen molar-refractivity contribution in [1.29, 1.82) is 0 Å². The maximum Gasteiger partial charge on any atom is 0.274 e. The van der Waals surface area contributed by atoms with Gasteiger partial charge in [-0.1, -0.05) is 19.3 Å². The second-order valence-corrected chi connectivity index (χ2v) is 15.7. The van der Waals surface area contributed by atoms with Crippen molar-refractivity contribution < 1.29 is 28.7 Å². The number of imide groups is 1. The largest absolute Gasteiger partial charge is 0.496 e. The van der Waals surface area contributed by atoms with Gasteiger partial charge in [0.25, 0.3) is 17.4 Å². The first kappa shape index (κ1) is 38.2. The summed E-state index contributed by atoms with van der Waals surface area (Å²) in [5, 5.41) is 12.6. The molecule has 1 unspecified atom stereocenters. The lowest BCUT2D eigenvalue weighted by molar-refractivity contribution is -0.136. The lowest BCUT2D eigenvalue weighted by Gasteiger charge is -2.38. The highest BCUT2D eigenvalue weighted by atomic mass is 16.5. The number of piperazine rings is 1. The van der Waals surface area contributed by atoms with Crippen LogP contribution < -0.4 is 30.6 Å². The molecule has 2 aromatic carbocycles. The SMILES string of the molecule is COc1cc(N2CCN(CC3CCCCC3)CC2)cc2c1C(=O)N(C1CCC(=O)NC1=O)C2.COc1cc2[nH]ncc2cc1C(=O)Nc1cccn(C2CC2)c1=O. The molecule has 4 aromatic rings. The number of benzene rings is 2. The first-order valence-electron chi connectivity index (χ1n) is 20.1. The van der Waals surface area contributed by atoms with Crippen molar-refractivity contribution in [2.24, 2.45) is 5.92 Å². The topological polar surface area (TPSA) is 171 Å². The van der Waals surface area contributed by atoms with Gasteiger partial charge in [-0.15, -0.1) is 0 Å². The van der Waals surface area contributed by atoms with Crippen LogP contribution in [0.2, 0.25) is 0 Å². The summed E-state index contributed by atoms with van der Waals surface area (Å²) < 4.78 is 12.6. The molecule has 1 atom stereocenters. The van der Waals surface area contributed by atoms with Gasteiger partial charge in [0.05, 0.1) is 37.1 Å². The molecule has 2 aliphatic carbocycles. The molecular weight excluding hydrogens is 729 g/mol. The maximum atomic E-state index is 13.2. The van der Waals surface area contributed by atoms with Crippen LogP contribution in [0.1, 0.15) is 90.1 Å². The Morgan fingerprint density at radius 2 is 1.68 bits per heavy atom. The molecule has 3 N–H and O–H groups in total. The number of amides is 4. The number of anilines is 2. The van der Waals surface area contributed by atoms with Crippen molar-refractivity contribution in [2.45, 2.75) is 76.4 Å². The van der Waals surface area contributed by atoms with Gasteiger partial charge in [0.1, 0.15) is 23.2 Å². The van der Waals surface area contributed by atoms with Gasteiger partial charge in [0.15, 0.2) is 0 Å². The lowest BCUT2D eigenvalue weighted by atomic mass is 9.89. The maximum absolute atomic E-state index is 13.2. The molecule has 4 amide bonds. The van der Waals surface area contributed by atoms with Crippen LogP contribution in [0.15, 0.2) is 53.6 Å². The quantitative estimate of drug-likeness (QED) is 0.206. The Hall–Kier alpha value is -5.70. The van der Waals surface area contributed by atoms with E-state index >= 15 is 0 Å². The van der Waals surface area contributed by atoms with Crippen molar-refractivity contribution in [3.8, 4) is 11.5 Å². The standard InChI is InChI=1S/C25H34N4O4.C17H16N4O3/c1-33-21-14-19(28-11-9-27(10-12-28)15-17-5-3-2-4-6-17)13-18-16-29(25(32)23(18)21)20-7-8-22(30)26-24(20)31;1-24-15-8-14-10(9-18-20-14)7-12(15)16(22)19-13-3-2-6-21(17(13)23)11-4-5-11/h13-14,17,20H,2-12,15-16H2,1H3,(H,26,30,31);2-3,6-9,11H,4-5H2,1H3,(H,18,20)(H,19,22). The van der Waals surface area contributed by atoms with E-state index in [1.807, 2.05) is 6.07 Å². The number of nitrogens with one attached hydrogen (secondary N) is 3. The number of pyridine rings is 1. The summed E-state index contributed by atoms with van der Waals surface area (Å²) in [7, 11) is 3.08. The van der Waals surface area contributed by atoms with Gasteiger partial charge in [-0.2, -0.15) is 5.10 Å². The molecule has 15 heteroatoms. The Kier molecular flexibility index (Phi) is 11.0. The number of piperidine rings is 1. The highest BCUT2D eigenvalue weighted by Crippen LogP contribution is 2.38. The van der Waals surface area contributed by atoms with Crippen molar-refractivity contribution in [3.05, 3.63) is 75.8 Å². The molecule has 0 radical (unpaired) electrons. The monoisotopic (exact) mass is 778 g/mol. The molecule has 0 bridgehead atoms. The molecule has 300 valence electrons. The molecule has 57 heavy (non-hydrogen) atoms. The molecule has 2 saturated heterocycles. The van der Waals surface area contributed by atoms with Crippen LogP contribution in [0, 0.1) is 5.92 Å². The van der Waals surface area contributed by atoms with E-state index in [0.717, 1.165) is 67.1 Å². The average Bonchev–Trinajstić information content (AvgIpc) is 3.87. The summed E-state index contributed by atoms with van der Waals surface area (Å²) >= 11 is 0. The van der Waals surface area contributed by atoms with Gasteiger partial charge < -0.3 is 29.2 Å². The first-order chi connectivity index (χ1) is 27.7. The number of rotatable bonds is 9. The van der Waals surface area contributed by atoms with Gasteiger partial charge >= 0.3 is 0 Å². The van der Waals surface area contributed by atoms with Crippen molar-refractivity contribution in [3.63, 3.8) is 0 Å². The minimum Gasteiger partial charge on any atom is -0.496 e. The van der Waals surface area contributed by atoms with Gasteiger partial charge in [0, 0.05) is 81.1 Å². The van der Waals surface area contributed by atoms with Gasteiger partial charge in [-0.25, -0.2) is 0 Å². The fraction of sp³-hybridized carbons (Fsp3) is 0.476. The summed E-state index contributed by atoms with van der Waals surface area (Å²) in [5.41, 5.74) is 3.72. The fourth-order valence-corrected chi connectivity index (χ4v) is 8.67. The number of aromatic nitrogens is 3. The van der Waals surface area contributed by atoms with Crippen LogP contribution in [-0.2, 0) is 16.1 Å². The van der Waals surface area contributed by atoms with E-state index in [9.17, 15) is 24.0 Å². The summed E-state index contributed by atoms with van der Waals surface area (Å²) in [6.45, 7) is 5.61. The highest BCUT2D eigenvalue weighted by Gasteiger charge is 2.41. The van der Waals surface area contributed by atoms with E-state index in [1.54, 1.807) is 53.2 Å². The van der Waals surface area contributed by atoms with E-state index in [-0.39, 0.29) is 47.3 Å². The molecule has 15 nitrogen and oxygen atoms in total. The number of aromatic amines is 1. The van der Waals surface area contributed by atoms with E-state index in [1.165, 1.54) is 45.8 Å². The summed E-state index contributed by atoms with van der Waals surface area (Å²) in [4.78, 5) is 68.7. The van der Waals surface area contributed by atoms with Crippen LogP contribution >= 0.6 is 0 Å². The third-order valence-corrected chi connectivity index (χ3v) is 11.9. The number of ether oxygens (including phenoxy) is 2. The zero-order valence-corrected chi connectivity index (χ0v) is 32.6. The predicted molar refractivity (Wildman–Crippen MR) is 214 cm³/mol. The van der Waals surface area contributed by atoms with E-state index < -0.39 is 6.04 Å². The molecule has 5 heterocycles. The lowest BCUT2D eigenvalue weighted by Crippen LogP contribution is -2.52. The number of hydrogen-bond donors (Lipinski definition) is 3. The summed E-state index contributed by atoms with van der Waals surface area (Å²) in [6.07, 6.45) is 12.9. The Morgan fingerprint density at radius 3 is 2.40 bits per heavy atom. The third-order valence-electron chi connectivity index (χ3n) is 11.9. The number of hydrogen-bond acceptors (Lipinski definition) is 10. The highest BCUT2D eigenvalue weighted by molar-refractivity contribution is 6.08. The predicted octanol–water partition coefficient (Wildman–Crippen LogP) is 4.48. The summed E-state index contributed by atoms with van der Waals surface area (Å²) in [6, 6.07) is 10.5. The summed E-state index contributed by atoms with van der Waals surface area (Å²) in [5.74, 6) is 0.591. The van der Waals surface area contributed by atoms with Crippen LogP contribution in [0.25, 0.3) is 10.9 Å². The Balaban J connectivity index is 0.000000168. The van der Waals surface area contributed by atoms with Gasteiger partial charge in [-0.05, 0) is 67.9 Å². The fourth-order valence-electron chi connectivity index (χ4n) is 8.67. The molecule has 2 aromatic heterocycles. The van der Waals surface area contributed by atoms with Gasteiger partial charge in [0.2, 0.25) is 11.8 Å². The second kappa shape index (κ2) is 16.4. The smallest absolute Gasteiger partial charge is 0.274 e. The van der Waals surface area contributed by atoms with Crippen LogP contribution in [0.3, 0.4) is 0 Å². The minimum atomic E-state index is -0.612. The zero-order chi connectivity index (χ0) is 39.6. The average molecular weight is 779 g/mol. The number of fused-ring (bicyclic) bond motifs is 2. The molecule has 5 aliphatic rings. The van der Waals surface area contributed by atoms with E-state index in [4.69, 9.17) is 9.47 Å². The van der Waals surface area contributed by atoms with Crippen LogP contribution in [0.5, 0.6) is 11.5 Å². The number of methoxy groups -OCH3 is 2.